The van der Waals surface area contributed by atoms with E-state index in [0.717, 1.165) is 5.75 Å². The van der Waals surface area contributed by atoms with Crippen molar-refractivity contribution in [2.24, 2.45) is 11.7 Å². The van der Waals surface area contributed by atoms with Gasteiger partial charge in [0.1, 0.15) is 0 Å². The lowest BCUT2D eigenvalue weighted by Gasteiger charge is -2.24. The van der Waals surface area contributed by atoms with E-state index in [1.54, 1.807) is 11.8 Å². The van der Waals surface area contributed by atoms with Crippen LogP contribution in [0.3, 0.4) is 0 Å². The summed E-state index contributed by atoms with van der Waals surface area (Å²) in [5, 5.41) is 8.38. The molecule has 0 spiro atoms. The number of urea groups is 1. The zero-order valence-corrected chi connectivity index (χ0v) is 15.0. The average molecular weight is 348 g/mol. The summed E-state index contributed by atoms with van der Waals surface area (Å²) in [6.07, 6.45) is 2.85. The van der Waals surface area contributed by atoms with Gasteiger partial charge in [-0.25, -0.2) is 4.79 Å². The van der Waals surface area contributed by atoms with Crippen molar-refractivity contribution in [2.45, 2.75) is 45.7 Å². The molecule has 0 radical (unpaired) electrons. The number of carbonyl (C=O) groups is 3. The fourth-order valence-electron chi connectivity index (χ4n) is 2.04. The second-order valence-corrected chi connectivity index (χ2v) is 6.61. The van der Waals surface area contributed by atoms with Crippen LogP contribution in [0.2, 0.25) is 0 Å². The third kappa shape index (κ3) is 10.2. The first kappa shape index (κ1) is 19.8. The van der Waals surface area contributed by atoms with Gasteiger partial charge < -0.3 is 21.7 Å². The Bertz CT molecular complexity index is 410. The summed E-state index contributed by atoms with van der Waals surface area (Å²) in [5.74, 6) is 0.398. The fraction of sp³-hybridized carbons (Fsp3) is 0.800. The molecule has 3 amide bonds. The molecule has 0 saturated heterocycles. The van der Waals surface area contributed by atoms with E-state index >= 15 is 0 Å². The lowest BCUT2D eigenvalue weighted by Crippen LogP contribution is -2.52. The highest BCUT2D eigenvalue weighted by Gasteiger charge is 2.25. The number of carbonyl (C=O) groups excluding carboxylic acids is 3. The largest absolute Gasteiger partial charge is 0.352 e. The summed E-state index contributed by atoms with van der Waals surface area (Å²) < 4.78 is 7.25. The van der Waals surface area contributed by atoms with E-state index in [0.29, 0.717) is 25.9 Å². The first-order valence-electron chi connectivity index (χ1n) is 8.42. The molecule has 23 heavy (non-hydrogen) atoms. The highest BCUT2D eigenvalue weighted by Crippen LogP contribution is 2.05. The molecule has 134 valence electrons. The van der Waals surface area contributed by atoms with Crippen LogP contribution in [-0.2, 0) is 9.59 Å². The third-order valence-electron chi connectivity index (χ3n) is 3.29. The highest BCUT2D eigenvalue weighted by molar-refractivity contribution is 7.98. The minimum atomic E-state index is -0.715. The molecule has 0 heterocycles. The van der Waals surface area contributed by atoms with Gasteiger partial charge in [-0.05, 0) is 31.9 Å². The lowest BCUT2D eigenvalue weighted by molar-refractivity contribution is -0.129. The Labute approximate surface area is 144 Å². The molecule has 0 unspecified atom stereocenters. The van der Waals surface area contributed by atoms with Crippen LogP contribution < -0.4 is 21.7 Å². The molecule has 0 aromatic heterocycles. The summed E-state index contributed by atoms with van der Waals surface area (Å²) in [6.45, 7) is 4.52. The number of ketones is 1. The fourth-order valence-corrected chi connectivity index (χ4v) is 2.36. The summed E-state index contributed by atoms with van der Waals surface area (Å²) in [5.41, 5.74) is 4.98. The van der Waals surface area contributed by atoms with E-state index in [-0.39, 0.29) is 30.5 Å². The maximum Gasteiger partial charge on any atom is 0.312 e. The monoisotopic (exact) mass is 347 g/mol. The number of hydrogen-bond donors (Lipinski definition) is 4. The molecule has 0 aromatic carbocycles. The van der Waals surface area contributed by atoms with Crippen LogP contribution in [0.4, 0.5) is 4.79 Å². The summed E-state index contributed by atoms with van der Waals surface area (Å²) in [7, 11) is 0. The van der Waals surface area contributed by atoms with Gasteiger partial charge in [0.05, 0.1) is 12.1 Å². The smallest absolute Gasteiger partial charge is 0.312 e. The summed E-state index contributed by atoms with van der Waals surface area (Å²) in [4.78, 5) is 35.0. The molecule has 2 atom stereocenters. The van der Waals surface area contributed by atoms with Gasteiger partial charge in [0, 0.05) is 20.2 Å². The van der Waals surface area contributed by atoms with Gasteiger partial charge in [-0.1, -0.05) is 13.8 Å². The van der Waals surface area contributed by atoms with Gasteiger partial charge >= 0.3 is 6.03 Å². The SMILES string of the molecule is [2H]CC(=O)[C@H](CCCNC(N)=O)NC(=O)[C@@H](NCCSC)C(C)C. The zero-order chi connectivity index (χ0) is 18.5. The van der Waals surface area contributed by atoms with Crippen LogP contribution in [0.5, 0.6) is 0 Å². The van der Waals surface area contributed by atoms with E-state index in [1.807, 2.05) is 20.1 Å². The number of primary amides is 1. The molecule has 0 saturated carbocycles. The van der Waals surface area contributed by atoms with E-state index in [2.05, 4.69) is 16.0 Å². The van der Waals surface area contributed by atoms with Crippen molar-refractivity contribution in [1.29, 1.82) is 0 Å². The second kappa shape index (κ2) is 12.2. The molecule has 5 N–H and O–H groups in total. The molecule has 0 aliphatic carbocycles. The van der Waals surface area contributed by atoms with E-state index in [1.165, 1.54) is 0 Å². The van der Waals surface area contributed by atoms with Gasteiger partial charge in [-0.15, -0.1) is 0 Å². The third-order valence-corrected chi connectivity index (χ3v) is 3.91. The average Bonchev–Trinajstić information content (AvgIpc) is 2.52. The quantitative estimate of drug-likeness (QED) is 0.384. The summed E-state index contributed by atoms with van der Waals surface area (Å²) >= 11 is 1.69. The number of nitrogens with two attached hydrogens (primary N) is 1. The minimum Gasteiger partial charge on any atom is -0.352 e. The number of thioether (sulfide) groups is 1. The number of Topliss-reactive ketones (excluding diaryl/α,β-unsaturated/α-hetero) is 1. The van der Waals surface area contributed by atoms with Crippen LogP contribution >= 0.6 is 11.8 Å². The molecule has 0 aromatic rings. The standard InChI is InChI=1S/C15H30N4O3S/c1-10(2)13(17-8-9-23-4)14(21)19-12(11(3)20)6-5-7-18-15(16)22/h10,12-13,17H,5-9H2,1-4H3,(H,19,21)(H3,16,18,22)/t12-,13-/m0/s1/i3D. The number of hydrogen-bond acceptors (Lipinski definition) is 5. The van der Waals surface area contributed by atoms with Crippen LogP contribution in [0.25, 0.3) is 0 Å². The van der Waals surface area contributed by atoms with Gasteiger partial charge in [0.15, 0.2) is 5.78 Å². The maximum absolute atomic E-state index is 12.5. The Kier molecular flexibility index (Phi) is 10.5. The van der Waals surface area contributed by atoms with Crippen LogP contribution in [0, 0.1) is 5.92 Å². The van der Waals surface area contributed by atoms with Gasteiger partial charge in [0.25, 0.3) is 0 Å². The Morgan fingerprint density at radius 1 is 1.26 bits per heavy atom. The number of rotatable bonds is 12. The van der Waals surface area contributed by atoms with Gasteiger partial charge in [-0.3, -0.25) is 9.59 Å². The van der Waals surface area contributed by atoms with E-state index in [4.69, 9.17) is 7.10 Å². The normalized spacial score (nSPS) is 14.0. The van der Waals surface area contributed by atoms with Gasteiger partial charge in [-0.2, -0.15) is 11.8 Å². The molecule has 8 heteroatoms. The predicted molar refractivity (Wildman–Crippen MR) is 94.4 cm³/mol. The number of nitrogens with one attached hydrogen (secondary N) is 3. The minimum absolute atomic E-state index is 0.0788. The molecular formula is C15H30N4O3S. The van der Waals surface area contributed by atoms with Crippen molar-refractivity contribution in [2.75, 3.05) is 25.1 Å². The Balaban J connectivity index is 4.63. The topological polar surface area (TPSA) is 113 Å². The first-order valence-corrected chi connectivity index (χ1v) is 9.10. The van der Waals surface area contributed by atoms with Crippen molar-refractivity contribution >= 4 is 29.5 Å². The zero-order valence-electron chi connectivity index (χ0n) is 15.2. The molecule has 0 rings (SSSR count). The predicted octanol–water partition coefficient (Wildman–Crippen LogP) is 0.486. The van der Waals surface area contributed by atoms with Crippen molar-refractivity contribution < 1.29 is 15.8 Å². The summed E-state index contributed by atoms with van der Waals surface area (Å²) in [6, 6.07) is -1.73. The van der Waals surface area contributed by atoms with Crippen molar-refractivity contribution in [3.8, 4) is 0 Å². The molecule has 0 bridgehead atoms. The molecule has 0 fully saturated rings. The Morgan fingerprint density at radius 2 is 1.96 bits per heavy atom. The van der Waals surface area contributed by atoms with Crippen LogP contribution in [0.1, 0.15) is 35.0 Å². The molecule has 0 aliphatic rings. The maximum atomic E-state index is 12.5. The van der Waals surface area contributed by atoms with Crippen LogP contribution in [-0.4, -0.2) is 54.9 Å². The van der Waals surface area contributed by atoms with E-state index in [9.17, 15) is 14.4 Å². The molecule has 0 aliphatic heterocycles. The molecule has 7 nitrogen and oxygen atoms in total. The van der Waals surface area contributed by atoms with Crippen molar-refractivity contribution in [1.82, 2.24) is 16.0 Å². The first-order chi connectivity index (χ1) is 11.3. The van der Waals surface area contributed by atoms with E-state index < -0.39 is 12.1 Å². The molecular weight excluding hydrogens is 316 g/mol. The van der Waals surface area contributed by atoms with Crippen LogP contribution in [0.15, 0.2) is 0 Å². The second-order valence-electron chi connectivity index (χ2n) is 5.63. The van der Waals surface area contributed by atoms with Crippen molar-refractivity contribution in [3.63, 3.8) is 0 Å². The van der Waals surface area contributed by atoms with Crippen molar-refractivity contribution in [3.05, 3.63) is 0 Å². The Hall–Kier alpha value is -1.28. The number of amides is 3. The highest BCUT2D eigenvalue weighted by atomic mass is 32.2. The lowest BCUT2D eigenvalue weighted by atomic mass is 10.0. The van der Waals surface area contributed by atoms with Gasteiger partial charge in [0.2, 0.25) is 5.91 Å². The Morgan fingerprint density at radius 3 is 2.48 bits per heavy atom.